The van der Waals surface area contributed by atoms with Crippen LogP contribution in [0.15, 0.2) is 0 Å². The maximum atomic E-state index is 10.1. The molecule has 1 aliphatic rings. The highest BCUT2D eigenvalue weighted by molar-refractivity contribution is 4.83. The van der Waals surface area contributed by atoms with Crippen molar-refractivity contribution in [3.63, 3.8) is 0 Å². The van der Waals surface area contributed by atoms with Crippen LogP contribution in [0.25, 0.3) is 0 Å². The average molecular weight is 212 g/mol. The van der Waals surface area contributed by atoms with E-state index in [1.165, 1.54) is 19.3 Å². The van der Waals surface area contributed by atoms with Gasteiger partial charge in [0.05, 0.1) is 6.10 Å². The topological polar surface area (TPSA) is 20.2 Å². The molecule has 0 spiro atoms. The van der Waals surface area contributed by atoms with Crippen LogP contribution in [-0.4, -0.2) is 11.2 Å². The fourth-order valence-electron chi connectivity index (χ4n) is 3.04. The lowest BCUT2D eigenvalue weighted by atomic mass is 9.69. The van der Waals surface area contributed by atoms with Gasteiger partial charge >= 0.3 is 0 Å². The van der Waals surface area contributed by atoms with E-state index in [2.05, 4.69) is 27.7 Å². The first-order chi connectivity index (χ1) is 7.06. The summed E-state index contributed by atoms with van der Waals surface area (Å²) in [5, 5.41) is 10.1. The molecule has 0 heterocycles. The van der Waals surface area contributed by atoms with E-state index in [1.54, 1.807) is 0 Å². The number of rotatable bonds is 4. The molecule has 1 aliphatic carbocycles. The molecule has 0 unspecified atom stereocenters. The van der Waals surface area contributed by atoms with Crippen molar-refractivity contribution in [2.75, 3.05) is 0 Å². The Labute approximate surface area is 95.3 Å². The third kappa shape index (κ3) is 3.48. The van der Waals surface area contributed by atoms with E-state index < -0.39 is 0 Å². The van der Waals surface area contributed by atoms with Gasteiger partial charge in [0, 0.05) is 0 Å². The van der Waals surface area contributed by atoms with Crippen LogP contribution in [0.5, 0.6) is 0 Å². The Morgan fingerprint density at radius 2 is 1.93 bits per heavy atom. The predicted octanol–water partition coefficient (Wildman–Crippen LogP) is 3.86. The van der Waals surface area contributed by atoms with E-state index in [-0.39, 0.29) is 6.10 Å². The molecular formula is C14H28O. The third-order valence-corrected chi connectivity index (χ3v) is 4.32. The molecule has 15 heavy (non-hydrogen) atoms. The van der Waals surface area contributed by atoms with E-state index in [0.29, 0.717) is 5.92 Å². The van der Waals surface area contributed by atoms with E-state index >= 15 is 0 Å². The molecular weight excluding hydrogens is 184 g/mol. The van der Waals surface area contributed by atoms with Gasteiger partial charge in [-0.05, 0) is 42.9 Å². The highest BCUT2D eigenvalue weighted by atomic mass is 16.3. The summed E-state index contributed by atoms with van der Waals surface area (Å²) < 4.78 is 0. The lowest BCUT2D eigenvalue weighted by Gasteiger charge is -2.38. The molecule has 0 aliphatic heterocycles. The van der Waals surface area contributed by atoms with Crippen molar-refractivity contribution in [1.29, 1.82) is 0 Å². The number of aliphatic hydroxyl groups is 1. The highest BCUT2D eigenvalue weighted by Gasteiger charge is 2.32. The molecule has 4 atom stereocenters. The first-order valence-corrected chi connectivity index (χ1v) is 6.74. The zero-order valence-electron chi connectivity index (χ0n) is 10.9. The summed E-state index contributed by atoms with van der Waals surface area (Å²) in [4.78, 5) is 0. The van der Waals surface area contributed by atoms with Crippen molar-refractivity contribution >= 4 is 0 Å². The van der Waals surface area contributed by atoms with Gasteiger partial charge in [-0.3, -0.25) is 0 Å². The van der Waals surface area contributed by atoms with Gasteiger partial charge in [-0.15, -0.1) is 0 Å². The van der Waals surface area contributed by atoms with Crippen molar-refractivity contribution in [3.05, 3.63) is 0 Å². The van der Waals surface area contributed by atoms with Crippen LogP contribution in [0.1, 0.15) is 59.8 Å². The number of aliphatic hydroxyl groups excluding tert-OH is 1. The summed E-state index contributed by atoms with van der Waals surface area (Å²) in [5.74, 6) is 2.92. The van der Waals surface area contributed by atoms with Crippen LogP contribution in [0.3, 0.4) is 0 Å². The lowest BCUT2D eigenvalue weighted by Crippen LogP contribution is -2.34. The maximum Gasteiger partial charge on any atom is 0.0570 e. The van der Waals surface area contributed by atoms with E-state index in [4.69, 9.17) is 0 Å². The van der Waals surface area contributed by atoms with E-state index in [0.717, 1.165) is 30.6 Å². The molecule has 1 nitrogen and oxygen atoms in total. The van der Waals surface area contributed by atoms with Gasteiger partial charge in [0.1, 0.15) is 0 Å². The number of hydrogen-bond acceptors (Lipinski definition) is 1. The molecule has 0 aromatic rings. The zero-order chi connectivity index (χ0) is 11.4. The standard InChI is InChI=1S/C14H28O/c1-5-6-14(15)13-9-12(10(2)3)8-7-11(13)4/h10-15H,5-9H2,1-4H3/t11-,12+,13+,14+/m0/s1. The van der Waals surface area contributed by atoms with Crippen LogP contribution in [-0.2, 0) is 0 Å². The molecule has 1 N–H and O–H groups in total. The molecule has 1 saturated carbocycles. The quantitative estimate of drug-likeness (QED) is 0.750. The summed E-state index contributed by atoms with van der Waals surface area (Å²) in [6.07, 6.45) is 5.98. The van der Waals surface area contributed by atoms with Crippen LogP contribution >= 0.6 is 0 Å². The minimum absolute atomic E-state index is 0.0495. The Kier molecular flexibility index (Phi) is 5.11. The molecule has 0 aromatic heterocycles. The van der Waals surface area contributed by atoms with Gasteiger partial charge in [0.15, 0.2) is 0 Å². The smallest absolute Gasteiger partial charge is 0.0570 e. The summed E-state index contributed by atoms with van der Waals surface area (Å²) in [5.41, 5.74) is 0. The van der Waals surface area contributed by atoms with Crippen LogP contribution < -0.4 is 0 Å². The summed E-state index contributed by atoms with van der Waals surface area (Å²) >= 11 is 0. The minimum atomic E-state index is -0.0495. The molecule has 0 aromatic carbocycles. The minimum Gasteiger partial charge on any atom is -0.393 e. The van der Waals surface area contributed by atoms with Gasteiger partial charge in [0.25, 0.3) is 0 Å². The monoisotopic (exact) mass is 212 g/mol. The van der Waals surface area contributed by atoms with Crippen LogP contribution in [0.4, 0.5) is 0 Å². The van der Waals surface area contributed by atoms with E-state index in [9.17, 15) is 5.11 Å². The Balaban J connectivity index is 2.52. The average Bonchev–Trinajstić information content (AvgIpc) is 2.18. The van der Waals surface area contributed by atoms with Crippen molar-refractivity contribution < 1.29 is 5.11 Å². The van der Waals surface area contributed by atoms with Gasteiger partial charge in [-0.1, -0.05) is 40.5 Å². The molecule has 0 amide bonds. The molecule has 0 radical (unpaired) electrons. The SMILES string of the molecule is CCC[C@@H](O)[C@@H]1C[C@H](C(C)C)CC[C@@H]1C. The van der Waals surface area contributed by atoms with Gasteiger partial charge in [-0.25, -0.2) is 0 Å². The Morgan fingerprint density at radius 3 is 2.47 bits per heavy atom. The first-order valence-electron chi connectivity index (χ1n) is 6.74. The van der Waals surface area contributed by atoms with Crippen molar-refractivity contribution in [2.24, 2.45) is 23.7 Å². The van der Waals surface area contributed by atoms with Crippen LogP contribution in [0.2, 0.25) is 0 Å². The summed E-state index contributed by atoms with van der Waals surface area (Å²) in [6.45, 7) is 9.13. The summed E-state index contributed by atoms with van der Waals surface area (Å²) in [6, 6.07) is 0. The van der Waals surface area contributed by atoms with Crippen LogP contribution in [0, 0.1) is 23.7 Å². The van der Waals surface area contributed by atoms with Gasteiger partial charge < -0.3 is 5.11 Å². The third-order valence-electron chi connectivity index (χ3n) is 4.32. The van der Waals surface area contributed by atoms with E-state index in [1.807, 2.05) is 0 Å². The first kappa shape index (κ1) is 13.0. The second-order valence-corrected chi connectivity index (χ2v) is 5.81. The highest BCUT2D eigenvalue weighted by Crippen LogP contribution is 2.39. The Bertz CT molecular complexity index is 176. The predicted molar refractivity (Wildman–Crippen MR) is 65.7 cm³/mol. The lowest BCUT2D eigenvalue weighted by molar-refractivity contribution is 0.0222. The molecule has 0 saturated heterocycles. The fraction of sp³-hybridized carbons (Fsp3) is 1.00. The second-order valence-electron chi connectivity index (χ2n) is 5.81. The molecule has 1 fully saturated rings. The molecule has 1 heteroatoms. The van der Waals surface area contributed by atoms with Gasteiger partial charge in [0.2, 0.25) is 0 Å². The normalized spacial score (nSPS) is 34.4. The Morgan fingerprint density at radius 1 is 1.27 bits per heavy atom. The zero-order valence-corrected chi connectivity index (χ0v) is 10.9. The summed E-state index contributed by atoms with van der Waals surface area (Å²) in [7, 11) is 0. The van der Waals surface area contributed by atoms with Crippen molar-refractivity contribution in [1.82, 2.24) is 0 Å². The van der Waals surface area contributed by atoms with Crippen molar-refractivity contribution in [2.45, 2.75) is 65.9 Å². The maximum absolute atomic E-state index is 10.1. The molecule has 0 bridgehead atoms. The van der Waals surface area contributed by atoms with Crippen molar-refractivity contribution in [3.8, 4) is 0 Å². The largest absolute Gasteiger partial charge is 0.393 e. The molecule has 1 rings (SSSR count). The van der Waals surface area contributed by atoms with Gasteiger partial charge in [-0.2, -0.15) is 0 Å². The Hall–Kier alpha value is -0.0400. The second kappa shape index (κ2) is 5.89. The number of hydrogen-bond donors (Lipinski definition) is 1. The molecule has 90 valence electrons. The fourth-order valence-corrected chi connectivity index (χ4v) is 3.04.